The molecular weight excluding hydrogens is 174 g/mol. The summed E-state index contributed by atoms with van der Waals surface area (Å²) < 4.78 is 0. The second-order valence-electron chi connectivity index (χ2n) is 4.05. The number of nitrogens with two attached hydrogens (primary N) is 1. The molecule has 1 fully saturated rings. The van der Waals surface area contributed by atoms with Crippen molar-refractivity contribution in [3.05, 3.63) is 23.4 Å². The molecule has 1 atom stereocenters. The molecule has 0 saturated carbocycles. The maximum atomic E-state index is 5.64. The molecule has 3 nitrogen and oxygen atoms in total. The molecule has 76 valence electrons. The van der Waals surface area contributed by atoms with E-state index in [4.69, 9.17) is 5.73 Å². The SMILES string of the molecule is Cc1nc(N)ccc1[C@H]1CCCN1C. The van der Waals surface area contributed by atoms with Crippen LogP contribution >= 0.6 is 0 Å². The predicted octanol–water partition coefficient (Wildman–Crippen LogP) is 1.74. The maximum Gasteiger partial charge on any atom is 0.123 e. The van der Waals surface area contributed by atoms with Crippen LogP contribution in [0.1, 0.15) is 30.1 Å². The predicted molar refractivity (Wildman–Crippen MR) is 58.0 cm³/mol. The third-order valence-corrected chi connectivity index (χ3v) is 3.03. The molecular formula is C11H17N3. The molecule has 2 heterocycles. The number of anilines is 1. The summed E-state index contributed by atoms with van der Waals surface area (Å²) in [5, 5.41) is 0. The molecule has 0 aliphatic carbocycles. The van der Waals surface area contributed by atoms with Crippen molar-refractivity contribution in [2.75, 3.05) is 19.3 Å². The van der Waals surface area contributed by atoms with Gasteiger partial charge in [-0.1, -0.05) is 6.07 Å². The van der Waals surface area contributed by atoms with Gasteiger partial charge < -0.3 is 5.73 Å². The average Bonchev–Trinajstić information content (AvgIpc) is 2.52. The van der Waals surface area contributed by atoms with Gasteiger partial charge in [0.05, 0.1) is 0 Å². The lowest BCUT2D eigenvalue weighted by Crippen LogP contribution is -2.18. The van der Waals surface area contributed by atoms with E-state index in [1.165, 1.54) is 24.9 Å². The zero-order chi connectivity index (χ0) is 10.1. The third kappa shape index (κ3) is 1.60. The van der Waals surface area contributed by atoms with Crippen LogP contribution in [-0.4, -0.2) is 23.5 Å². The minimum Gasteiger partial charge on any atom is -0.384 e. The summed E-state index contributed by atoms with van der Waals surface area (Å²) in [6, 6.07) is 4.56. The highest BCUT2D eigenvalue weighted by Gasteiger charge is 2.24. The number of nitrogen functional groups attached to an aromatic ring is 1. The normalized spacial score (nSPS) is 22.9. The molecule has 0 unspecified atom stereocenters. The number of aryl methyl sites for hydroxylation is 1. The molecule has 0 aromatic carbocycles. The number of likely N-dealkylation sites (tertiary alicyclic amines) is 1. The summed E-state index contributed by atoms with van der Waals surface area (Å²) in [5.74, 6) is 0.617. The fourth-order valence-electron chi connectivity index (χ4n) is 2.25. The van der Waals surface area contributed by atoms with Crippen molar-refractivity contribution in [2.45, 2.75) is 25.8 Å². The zero-order valence-electron chi connectivity index (χ0n) is 8.83. The fraction of sp³-hybridized carbons (Fsp3) is 0.545. The first-order chi connectivity index (χ1) is 6.68. The second-order valence-corrected chi connectivity index (χ2v) is 4.05. The van der Waals surface area contributed by atoms with Crippen LogP contribution in [-0.2, 0) is 0 Å². The summed E-state index contributed by atoms with van der Waals surface area (Å²) in [5.41, 5.74) is 8.04. The third-order valence-electron chi connectivity index (χ3n) is 3.03. The largest absolute Gasteiger partial charge is 0.384 e. The Bertz CT molecular complexity index is 335. The average molecular weight is 191 g/mol. The number of hydrogen-bond donors (Lipinski definition) is 1. The van der Waals surface area contributed by atoms with Crippen molar-refractivity contribution in [3.63, 3.8) is 0 Å². The zero-order valence-corrected chi connectivity index (χ0v) is 8.83. The van der Waals surface area contributed by atoms with E-state index in [1.807, 2.05) is 13.0 Å². The van der Waals surface area contributed by atoms with E-state index in [0.29, 0.717) is 11.9 Å². The molecule has 0 bridgehead atoms. The van der Waals surface area contributed by atoms with Crippen molar-refractivity contribution in [2.24, 2.45) is 0 Å². The topological polar surface area (TPSA) is 42.1 Å². The Labute approximate surface area is 84.9 Å². The van der Waals surface area contributed by atoms with Crippen molar-refractivity contribution in [1.82, 2.24) is 9.88 Å². The van der Waals surface area contributed by atoms with Crippen LogP contribution in [0.25, 0.3) is 0 Å². The van der Waals surface area contributed by atoms with Gasteiger partial charge in [-0.2, -0.15) is 0 Å². The van der Waals surface area contributed by atoms with E-state index < -0.39 is 0 Å². The number of rotatable bonds is 1. The minimum absolute atomic E-state index is 0.545. The molecule has 2 rings (SSSR count). The molecule has 1 aliphatic heterocycles. The van der Waals surface area contributed by atoms with Gasteiger partial charge in [0.25, 0.3) is 0 Å². The van der Waals surface area contributed by atoms with E-state index in [9.17, 15) is 0 Å². The Morgan fingerprint density at radius 3 is 2.86 bits per heavy atom. The van der Waals surface area contributed by atoms with Gasteiger partial charge in [0.2, 0.25) is 0 Å². The van der Waals surface area contributed by atoms with Gasteiger partial charge in [0.15, 0.2) is 0 Å². The van der Waals surface area contributed by atoms with E-state index >= 15 is 0 Å². The standard InChI is InChI=1S/C11H17N3/c1-8-9(5-6-11(12)13-8)10-4-3-7-14(10)2/h5-6,10H,3-4,7H2,1-2H3,(H2,12,13)/t10-/m1/s1. The van der Waals surface area contributed by atoms with Gasteiger partial charge in [-0.3, -0.25) is 4.90 Å². The summed E-state index contributed by atoms with van der Waals surface area (Å²) >= 11 is 0. The van der Waals surface area contributed by atoms with Crippen LogP contribution in [0.3, 0.4) is 0 Å². The van der Waals surface area contributed by atoms with E-state index in [1.54, 1.807) is 0 Å². The number of pyridine rings is 1. The van der Waals surface area contributed by atoms with Crippen LogP contribution < -0.4 is 5.73 Å². The van der Waals surface area contributed by atoms with Crippen LogP contribution in [0.5, 0.6) is 0 Å². The van der Waals surface area contributed by atoms with Gasteiger partial charge in [0.1, 0.15) is 5.82 Å². The van der Waals surface area contributed by atoms with Crippen LogP contribution in [0, 0.1) is 6.92 Å². The second kappa shape index (κ2) is 3.58. The van der Waals surface area contributed by atoms with Gasteiger partial charge in [-0.15, -0.1) is 0 Å². The molecule has 1 saturated heterocycles. The summed E-state index contributed by atoms with van der Waals surface area (Å²) in [6.45, 7) is 3.23. The molecule has 1 aromatic heterocycles. The van der Waals surface area contributed by atoms with E-state index in [2.05, 4.69) is 23.0 Å². The van der Waals surface area contributed by atoms with Crippen molar-refractivity contribution < 1.29 is 0 Å². The highest BCUT2D eigenvalue weighted by Crippen LogP contribution is 2.31. The lowest BCUT2D eigenvalue weighted by atomic mass is 10.0. The van der Waals surface area contributed by atoms with Crippen LogP contribution in [0.4, 0.5) is 5.82 Å². The van der Waals surface area contributed by atoms with Gasteiger partial charge in [-0.25, -0.2) is 4.98 Å². The smallest absolute Gasteiger partial charge is 0.123 e. The van der Waals surface area contributed by atoms with E-state index in [0.717, 1.165) is 5.69 Å². The van der Waals surface area contributed by atoms with Crippen LogP contribution in [0.2, 0.25) is 0 Å². The molecule has 3 heteroatoms. The maximum absolute atomic E-state index is 5.64. The van der Waals surface area contributed by atoms with Crippen LogP contribution in [0.15, 0.2) is 12.1 Å². The van der Waals surface area contributed by atoms with Crippen molar-refractivity contribution >= 4 is 5.82 Å². The van der Waals surface area contributed by atoms with Crippen molar-refractivity contribution in [3.8, 4) is 0 Å². The lowest BCUT2D eigenvalue weighted by molar-refractivity contribution is 0.316. The highest BCUT2D eigenvalue weighted by molar-refractivity contribution is 5.35. The van der Waals surface area contributed by atoms with Crippen molar-refractivity contribution in [1.29, 1.82) is 0 Å². The Hall–Kier alpha value is -1.09. The Morgan fingerprint density at radius 1 is 1.50 bits per heavy atom. The first kappa shape index (κ1) is 9.46. The minimum atomic E-state index is 0.545. The summed E-state index contributed by atoms with van der Waals surface area (Å²) in [6.07, 6.45) is 2.52. The molecule has 0 amide bonds. The quantitative estimate of drug-likeness (QED) is 0.735. The summed E-state index contributed by atoms with van der Waals surface area (Å²) in [7, 11) is 2.17. The first-order valence-corrected chi connectivity index (χ1v) is 5.12. The van der Waals surface area contributed by atoms with Gasteiger partial charge in [-0.05, 0) is 45.0 Å². The summed E-state index contributed by atoms with van der Waals surface area (Å²) in [4.78, 5) is 6.69. The Kier molecular flexibility index (Phi) is 2.42. The molecule has 0 spiro atoms. The number of aromatic nitrogens is 1. The molecule has 14 heavy (non-hydrogen) atoms. The van der Waals surface area contributed by atoms with E-state index in [-0.39, 0.29) is 0 Å². The Balaban J connectivity index is 2.31. The highest BCUT2D eigenvalue weighted by atomic mass is 15.1. The molecule has 0 radical (unpaired) electrons. The number of nitrogens with zero attached hydrogens (tertiary/aromatic N) is 2. The lowest BCUT2D eigenvalue weighted by Gasteiger charge is -2.21. The first-order valence-electron chi connectivity index (χ1n) is 5.12. The fourth-order valence-corrected chi connectivity index (χ4v) is 2.25. The molecule has 2 N–H and O–H groups in total. The Morgan fingerprint density at radius 2 is 2.29 bits per heavy atom. The van der Waals surface area contributed by atoms with Gasteiger partial charge >= 0.3 is 0 Å². The number of hydrogen-bond acceptors (Lipinski definition) is 3. The molecule has 1 aliphatic rings. The molecule has 1 aromatic rings. The monoisotopic (exact) mass is 191 g/mol. The van der Waals surface area contributed by atoms with Gasteiger partial charge in [0, 0.05) is 11.7 Å².